The zero-order valence-electron chi connectivity index (χ0n) is 12.7. The molecule has 6 heteroatoms. The molecule has 2 rings (SSSR count). The Bertz CT molecular complexity index is 640. The molecule has 1 saturated heterocycles. The highest BCUT2D eigenvalue weighted by atomic mass is 32.2. The molecule has 1 N–H and O–H groups in total. The van der Waals surface area contributed by atoms with Crippen LogP contribution in [0, 0.1) is 6.92 Å². The van der Waals surface area contributed by atoms with Gasteiger partial charge in [0.1, 0.15) is 6.04 Å². The average Bonchev–Trinajstić information content (AvgIpc) is 2.90. The summed E-state index contributed by atoms with van der Waals surface area (Å²) in [6.45, 7) is 4.39. The van der Waals surface area contributed by atoms with Gasteiger partial charge in [0.15, 0.2) is 0 Å². The van der Waals surface area contributed by atoms with E-state index in [2.05, 4.69) is 5.32 Å². The lowest BCUT2D eigenvalue weighted by molar-refractivity contribution is -0.119. The minimum absolute atomic E-state index is 0.234. The number of para-hydroxylation sites is 1. The number of sulfonamides is 1. The Morgan fingerprint density at radius 1 is 1.43 bits per heavy atom. The molecule has 1 amide bonds. The van der Waals surface area contributed by atoms with E-state index in [0.29, 0.717) is 13.0 Å². The van der Waals surface area contributed by atoms with Crippen molar-refractivity contribution < 1.29 is 13.2 Å². The van der Waals surface area contributed by atoms with E-state index < -0.39 is 16.1 Å². The normalized spacial score (nSPS) is 19.7. The Morgan fingerprint density at radius 3 is 2.76 bits per heavy atom. The van der Waals surface area contributed by atoms with Crippen molar-refractivity contribution in [3.8, 4) is 0 Å². The quantitative estimate of drug-likeness (QED) is 0.924. The lowest BCUT2D eigenvalue weighted by Crippen LogP contribution is -2.42. The van der Waals surface area contributed by atoms with Crippen LogP contribution in [0.2, 0.25) is 0 Å². The molecule has 1 atom stereocenters. The summed E-state index contributed by atoms with van der Waals surface area (Å²) in [4.78, 5) is 12.5. The molecule has 116 valence electrons. The number of nitrogens with one attached hydrogen (secondary N) is 1. The van der Waals surface area contributed by atoms with Crippen LogP contribution < -0.4 is 5.32 Å². The van der Waals surface area contributed by atoms with Crippen LogP contribution in [0.1, 0.15) is 30.9 Å². The number of hydrogen-bond donors (Lipinski definition) is 1. The van der Waals surface area contributed by atoms with E-state index >= 15 is 0 Å². The molecule has 0 radical (unpaired) electrons. The van der Waals surface area contributed by atoms with Crippen LogP contribution >= 0.6 is 0 Å². The van der Waals surface area contributed by atoms with Gasteiger partial charge in [-0.1, -0.05) is 25.1 Å². The van der Waals surface area contributed by atoms with Gasteiger partial charge in [-0.2, -0.15) is 4.31 Å². The summed E-state index contributed by atoms with van der Waals surface area (Å²) in [7, 11) is -3.34. The Hall–Kier alpha value is -1.40. The van der Waals surface area contributed by atoms with Crippen molar-refractivity contribution in [2.75, 3.05) is 18.1 Å². The van der Waals surface area contributed by atoms with Gasteiger partial charge in [-0.15, -0.1) is 0 Å². The summed E-state index contributed by atoms with van der Waals surface area (Å²) in [5, 5.41) is 2.93. The number of carbonyl (C=O) groups excluding carboxylic acids is 1. The third-order valence-electron chi connectivity index (χ3n) is 3.92. The largest absolute Gasteiger partial charge is 0.324 e. The Balaban J connectivity index is 2.23. The molecule has 0 aliphatic carbocycles. The third-order valence-corrected chi connectivity index (χ3v) is 5.21. The third kappa shape index (κ3) is 3.44. The monoisotopic (exact) mass is 310 g/mol. The number of amides is 1. The summed E-state index contributed by atoms with van der Waals surface area (Å²) in [5.74, 6) is -0.234. The topological polar surface area (TPSA) is 66.5 Å². The average molecular weight is 310 g/mol. The molecule has 1 fully saturated rings. The molecular weight excluding hydrogens is 288 g/mol. The number of benzene rings is 1. The van der Waals surface area contributed by atoms with Gasteiger partial charge in [0.25, 0.3) is 0 Å². The van der Waals surface area contributed by atoms with E-state index in [4.69, 9.17) is 0 Å². The number of carbonyl (C=O) groups is 1. The Kier molecular flexibility index (Phi) is 4.68. The fourth-order valence-electron chi connectivity index (χ4n) is 2.81. The van der Waals surface area contributed by atoms with E-state index in [0.717, 1.165) is 35.9 Å². The van der Waals surface area contributed by atoms with Crippen LogP contribution in [0.15, 0.2) is 18.2 Å². The first kappa shape index (κ1) is 16.0. The first-order valence-electron chi connectivity index (χ1n) is 7.20. The zero-order valence-corrected chi connectivity index (χ0v) is 13.5. The van der Waals surface area contributed by atoms with Crippen molar-refractivity contribution in [3.05, 3.63) is 29.3 Å². The van der Waals surface area contributed by atoms with Crippen molar-refractivity contribution in [2.45, 2.75) is 39.2 Å². The summed E-state index contributed by atoms with van der Waals surface area (Å²) >= 11 is 0. The number of anilines is 1. The highest BCUT2D eigenvalue weighted by molar-refractivity contribution is 7.88. The fraction of sp³-hybridized carbons (Fsp3) is 0.533. The predicted octanol–water partition coefficient (Wildman–Crippen LogP) is 1.92. The van der Waals surface area contributed by atoms with Crippen molar-refractivity contribution in [1.82, 2.24) is 4.31 Å². The van der Waals surface area contributed by atoms with Gasteiger partial charge in [0.05, 0.1) is 6.26 Å². The smallest absolute Gasteiger partial charge is 0.242 e. The van der Waals surface area contributed by atoms with Crippen molar-refractivity contribution in [1.29, 1.82) is 0 Å². The van der Waals surface area contributed by atoms with Crippen LogP contribution in [-0.4, -0.2) is 37.5 Å². The van der Waals surface area contributed by atoms with E-state index in [-0.39, 0.29) is 5.91 Å². The van der Waals surface area contributed by atoms with Gasteiger partial charge in [-0.3, -0.25) is 4.79 Å². The summed E-state index contributed by atoms with van der Waals surface area (Å²) < 4.78 is 24.8. The number of aryl methyl sites for hydroxylation is 2. The second kappa shape index (κ2) is 6.15. The molecule has 0 bridgehead atoms. The lowest BCUT2D eigenvalue weighted by Gasteiger charge is -2.22. The standard InChI is InChI=1S/C15H22N2O3S/c1-4-12-8-5-7-11(2)14(12)16-15(18)13-9-6-10-17(13)21(3,19)20/h5,7-8,13H,4,6,9-10H2,1-3H3,(H,16,18). The van der Waals surface area contributed by atoms with Gasteiger partial charge >= 0.3 is 0 Å². The first-order valence-corrected chi connectivity index (χ1v) is 9.05. The molecule has 1 aromatic carbocycles. The zero-order chi connectivity index (χ0) is 15.6. The van der Waals surface area contributed by atoms with Crippen LogP contribution in [0.25, 0.3) is 0 Å². The number of nitrogens with zero attached hydrogens (tertiary/aromatic N) is 1. The molecule has 1 aliphatic rings. The van der Waals surface area contributed by atoms with Gasteiger partial charge < -0.3 is 5.32 Å². The maximum absolute atomic E-state index is 12.5. The molecule has 1 aromatic rings. The predicted molar refractivity (Wildman–Crippen MR) is 83.8 cm³/mol. The van der Waals surface area contributed by atoms with E-state index in [9.17, 15) is 13.2 Å². The van der Waals surface area contributed by atoms with Gasteiger partial charge in [0, 0.05) is 12.2 Å². The maximum Gasteiger partial charge on any atom is 0.242 e. The van der Waals surface area contributed by atoms with E-state index in [1.165, 1.54) is 4.31 Å². The number of rotatable bonds is 4. The van der Waals surface area contributed by atoms with Crippen molar-refractivity contribution in [3.63, 3.8) is 0 Å². The highest BCUT2D eigenvalue weighted by Gasteiger charge is 2.36. The fourth-order valence-corrected chi connectivity index (χ4v) is 3.93. The van der Waals surface area contributed by atoms with Crippen molar-refractivity contribution >= 4 is 21.6 Å². The molecule has 0 aromatic heterocycles. The van der Waals surface area contributed by atoms with Crippen LogP contribution in [0.3, 0.4) is 0 Å². The SMILES string of the molecule is CCc1cccc(C)c1NC(=O)C1CCCN1S(C)(=O)=O. The van der Waals surface area contributed by atoms with Gasteiger partial charge in [-0.05, 0) is 37.3 Å². The summed E-state index contributed by atoms with van der Waals surface area (Å²) in [5.41, 5.74) is 2.87. The molecule has 21 heavy (non-hydrogen) atoms. The van der Waals surface area contributed by atoms with Crippen LogP contribution in [0.4, 0.5) is 5.69 Å². The first-order chi connectivity index (χ1) is 9.84. The van der Waals surface area contributed by atoms with Crippen molar-refractivity contribution in [2.24, 2.45) is 0 Å². The molecule has 1 aliphatic heterocycles. The second-order valence-corrected chi connectivity index (χ2v) is 7.42. The Labute approximate surface area is 126 Å². The molecular formula is C15H22N2O3S. The molecule has 1 unspecified atom stereocenters. The summed E-state index contributed by atoms with van der Waals surface area (Å²) in [6, 6.07) is 5.29. The molecule has 5 nitrogen and oxygen atoms in total. The number of hydrogen-bond acceptors (Lipinski definition) is 3. The van der Waals surface area contributed by atoms with Gasteiger partial charge in [0.2, 0.25) is 15.9 Å². The van der Waals surface area contributed by atoms with E-state index in [1.807, 2.05) is 32.0 Å². The molecule has 0 spiro atoms. The van der Waals surface area contributed by atoms with E-state index in [1.54, 1.807) is 0 Å². The summed E-state index contributed by atoms with van der Waals surface area (Å²) in [6.07, 6.45) is 3.27. The van der Waals surface area contributed by atoms with Crippen LogP contribution in [0.5, 0.6) is 0 Å². The van der Waals surface area contributed by atoms with Crippen LogP contribution in [-0.2, 0) is 21.2 Å². The Morgan fingerprint density at radius 2 is 2.14 bits per heavy atom. The minimum Gasteiger partial charge on any atom is -0.324 e. The highest BCUT2D eigenvalue weighted by Crippen LogP contribution is 2.25. The lowest BCUT2D eigenvalue weighted by atomic mass is 10.1. The molecule has 1 heterocycles. The van der Waals surface area contributed by atoms with Gasteiger partial charge in [-0.25, -0.2) is 8.42 Å². The maximum atomic E-state index is 12.5. The second-order valence-electron chi connectivity index (χ2n) is 5.48. The minimum atomic E-state index is -3.34. The molecule has 0 saturated carbocycles.